The fourth-order valence-electron chi connectivity index (χ4n) is 2.03. The zero-order chi connectivity index (χ0) is 12.6. The van der Waals surface area contributed by atoms with Gasteiger partial charge in [-0.15, -0.1) is 0 Å². The minimum Gasteiger partial charge on any atom is -0.545 e. The third kappa shape index (κ3) is 2.26. The van der Waals surface area contributed by atoms with E-state index in [4.69, 9.17) is 0 Å². The maximum Gasteiger partial charge on any atom is 0.232 e. The number of aryl methyl sites for hydroxylation is 1. The Hall–Kier alpha value is -1.56. The van der Waals surface area contributed by atoms with Gasteiger partial charge < -0.3 is 9.90 Å². The van der Waals surface area contributed by atoms with Crippen molar-refractivity contribution in [2.24, 2.45) is 0 Å². The highest BCUT2D eigenvalue weighted by molar-refractivity contribution is 7.92. The molecule has 1 aromatic rings. The van der Waals surface area contributed by atoms with Gasteiger partial charge in [-0.2, -0.15) is 0 Å². The summed E-state index contributed by atoms with van der Waals surface area (Å²) in [5, 5.41) is 10.7. The number of aromatic carboxylic acids is 1. The molecule has 1 aliphatic heterocycles. The largest absolute Gasteiger partial charge is 0.545 e. The Kier molecular flexibility index (Phi) is 2.82. The van der Waals surface area contributed by atoms with Crippen molar-refractivity contribution < 1.29 is 18.3 Å². The Bertz CT molecular complexity index is 565. The molecule has 2 rings (SSSR count). The van der Waals surface area contributed by atoms with Gasteiger partial charge in [0.1, 0.15) is 0 Å². The number of sulfonamides is 1. The first-order valence-corrected chi connectivity index (χ1v) is 7.06. The molecule has 1 heterocycles. The Morgan fingerprint density at radius 3 is 2.71 bits per heavy atom. The number of fused-ring (bicyclic) bond motifs is 1. The van der Waals surface area contributed by atoms with E-state index < -0.39 is 16.0 Å². The number of rotatable bonds is 2. The van der Waals surface area contributed by atoms with Crippen LogP contribution in [0.25, 0.3) is 0 Å². The number of carboxylic acid groups (broad SMARTS) is 1. The molecule has 0 saturated heterocycles. The first-order chi connectivity index (χ1) is 7.89. The maximum absolute atomic E-state index is 11.6. The molecule has 0 unspecified atom stereocenters. The molecule has 17 heavy (non-hydrogen) atoms. The van der Waals surface area contributed by atoms with Crippen molar-refractivity contribution in [3.05, 3.63) is 29.3 Å². The summed E-state index contributed by atoms with van der Waals surface area (Å²) in [4.78, 5) is 10.7. The SMILES string of the molecule is CS(=O)(=O)N1CCCc2cc(C(=O)[O-])ccc21. The number of benzene rings is 1. The number of hydrogen-bond acceptors (Lipinski definition) is 4. The molecule has 0 atom stereocenters. The van der Waals surface area contributed by atoms with Crippen LogP contribution in [0.2, 0.25) is 0 Å². The molecule has 1 aliphatic rings. The second kappa shape index (κ2) is 4.03. The minimum atomic E-state index is -3.30. The highest BCUT2D eigenvalue weighted by Crippen LogP contribution is 2.29. The Balaban J connectivity index is 2.51. The van der Waals surface area contributed by atoms with Crippen LogP contribution in [0.15, 0.2) is 18.2 Å². The standard InChI is InChI=1S/C11H13NO4S/c1-17(15,16)12-6-2-3-8-7-9(11(13)14)4-5-10(8)12/h4-5,7H,2-3,6H2,1H3,(H,13,14)/p-1. The molecule has 92 valence electrons. The van der Waals surface area contributed by atoms with Crippen LogP contribution in [0.5, 0.6) is 0 Å². The summed E-state index contributed by atoms with van der Waals surface area (Å²) in [5.74, 6) is -1.25. The van der Waals surface area contributed by atoms with Gasteiger partial charge in [-0.25, -0.2) is 8.42 Å². The van der Waals surface area contributed by atoms with Crippen molar-refractivity contribution in [1.82, 2.24) is 0 Å². The lowest BCUT2D eigenvalue weighted by atomic mass is 10.0. The second-order valence-electron chi connectivity index (χ2n) is 4.07. The summed E-state index contributed by atoms with van der Waals surface area (Å²) < 4.78 is 24.4. The van der Waals surface area contributed by atoms with Crippen molar-refractivity contribution in [1.29, 1.82) is 0 Å². The number of carboxylic acids is 1. The summed E-state index contributed by atoms with van der Waals surface area (Å²) in [6, 6.07) is 4.39. The lowest BCUT2D eigenvalue weighted by Crippen LogP contribution is -2.34. The number of hydrogen-bond donors (Lipinski definition) is 0. The van der Waals surface area contributed by atoms with Gasteiger partial charge in [-0.3, -0.25) is 4.31 Å². The van der Waals surface area contributed by atoms with Crippen molar-refractivity contribution in [2.45, 2.75) is 12.8 Å². The molecular formula is C11H12NO4S-. The molecule has 0 N–H and O–H groups in total. The van der Waals surface area contributed by atoms with Crippen molar-refractivity contribution in [3.63, 3.8) is 0 Å². The summed E-state index contributed by atoms with van der Waals surface area (Å²) in [6.45, 7) is 0.441. The molecule has 5 nitrogen and oxygen atoms in total. The van der Waals surface area contributed by atoms with Crippen LogP contribution in [-0.2, 0) is 16.4 Å². The topological polar surface area (TPSA) is 77.5 Å². The molecule has 0 aliphatic carbocycles. The van der Waals surface area contributed by atoms with Crippen LogP contribution in [0.4, 0.5) is 5.69 Å². The van der Waals surface area contributed by atoms with E-state index in [0.29, 0.717) is 25.1 Å². The minimum absolute atomic E-state index is 0.0825. The number of carbonyl (C=O) groups excluding carboxylic acids is 1. The first-order valence-electron chi connectivity index (χ1n) is 5.21. The number of anilines is 1. The maximum atomic E-state index is 11.6. The molecule has 0 amide bonds. The third-order valence-corrected chi connectivity index (χ3v) is 3.97. The van der Waals surface area contributed by atoms with Crippen LogP contribution >= 0.6 is 0 Å². The summed E-state index contributed by atoms with van der Waals surface area (Å²) >= 11 is 0. The molecule has 0 spiro atoms. The molecule has 0 radical (unpaired) electrons. The highest BCUT2D eigenvalue weighted by atomic mass is 32.2. The quantitative estimate of drug-likeness (QED) is 0.730. The smallest absolute Gasteiger partial charge is 0.232 e. The van der Waals surface area contributed by atoms with Gasteiger partial charge in [-0.05, 0) is 36.1 Å². The van der Waals surface area contributed by atoms with Crippen molar-refractivity contribution in [3.8, 4) is 0 Å². The van der Waals surface area contributed by atoms with E-state index in [9.17, 15) is 18.3 Å². The average molecular weight is 254 g/mol. The van der Waals surface area contributed by atoms with E-state index in [1.807, 2.05) is 0 Å². The first kappa shape index (κ1) is 11.9. The Morgan fingerprint density at radius 2 is 2.12 bits per heavy atom. The van der Waals surface area contributed by atoms with Crippen LogP contribution < -0.4 is 9.41 Å². The van der Waals surface area contributed by atoms with E-state index in [1.54, 1.807) is 0 Å². The van der Waals surface area contributed by atoms with Gasteiger partial charge >= 0.3 is 0 Å². The fourth-order valence-corrected chi connectivity index (χ4v) is 3.03. The van der Waals surface area contributed by atoms with E-state index in [-0.39, 0.29) is 5.56 Å². The number of carbonyl (C=O) groups is 1. The lowest BCUT2D eigenvalue weighted by Gasteiger charge is -2.29. The van der Waals surface area contributed by atoms with Crippen LogP contribution in [0.3, 0.4) is 0 Å². The molecule has 6 heteroatoms. The van der Waals surface area contributed by atoms with Crippen molar-refractivity contribution in [2.75, 3.05) is 17.1 Å². The molecule has 0 fully saturated rings. The van der Waals surface area contributed by atoms with E-state index in [0.717, 1.165) is 11.8 Å². The highest BCUT2D eigenvalue weighted by Gasteiger charge is 2.23. The van der Waals surface area contributed by atoms with Crippen LogP contribution in [0, 0.1) is 0 Å². The molecule has 1 aromatic carbocycles. The van der Waals surface area contributed by atoms with Gasteiger partial charge in [0.2, 0.25) is 10.0 Å². The van der Waals surface area contributed by atoms with Gasteiger partial charge in [0.05, 0.1) is 17.9 Å². The van der Waals surface area contributed by atoms with Gasteiger partial charge in [-0.1, -0.05) is 6.07 Å². The molecule has 0 saturated carbocycles. The zero-order valence-corrected chi connectivity index (χ0v) is 10.2. The van der Waals surface area contributed by atoms with Crippen LogP contribution in [-0.4, -0.2) is 27.2 Å². The lowest BCUT2D eigenvalue weighted by molar-refractivity contribution is -0.255. The van der Waals surface area contributed by atoms with Gasteiger partial charge in [0.25, 0.3) is 0 Å². The third-order valence-electron chi connectivity index (χ3n) is 2.79. The van der Waals surface area contributed by atoms with E-state index in [1.165, 1.54) is 22.5 Å². The predicted molar refractivity (Wildman–Crippen MR) is 61.3 cm³/mol. The zero-order valence-electron chi connectivity index (χ0n) is 9.34. The van der Waals surface area contributed by atoms with Crippen molar-refractivity contribution >= 4 is 21.7 Å². The molecular weight excluding hydrogens is 242 g/mol. The second-order valence-corrected chi connectivity index (χ2v) is 5.98. The normalized spacial score (nSPS) is 15.5. The molecule has 0 bridgehead atoms. The van der Waals surface area contributed by atoms with E-state index >= 15 is 0 Å². The Morgan fingerprint density at radius 1 is 1.41 bits per heavy atom. The van der Waals surface area contributed by atoms with E-state index in [2.05, 4.69) is 0 Å². The summed E-state index contributed by atoms with van der Waals surface area (Å²) in [7, 11) is -3.30. The predicted octanol–water partition coefficient (Wildman–Crippen LogP) is -0.238. The summed E-state index contributed by atoms with van der Waals surface area (Å²) in [6.07, 6.45) is 2.52. The van der Waals surface area contributed by atoms with Crippen LogP contribution in [0.1, 0.15) is 22.3 Å². The average Bonchev–Trinajstić information content (AvgIpc) is 2.26. The Labute approximate surface area is 99.7 Å². The number of nitrogens with zero attached hydrogens (tertiary/aromatic N) is 1. The monoisotopic (exact) mass is 254 g/mol. The molecule has 0 aromatic heterocycles. The van der Waals surface area contributed by atoms with Gasteiger partial charge in [0.15, 0.2) is 0 Å². The fraction of sp³-hybridized carbons (Fsp3) is 0.364. The summed E-state index contributed by atoms with van der Waals surface area (Å²) in [5.41, 5.74) is 1.39. The van der Waals surface area contributed by atoms with Gasteiger partial charge in [0, 0.05) is 6.54 Å².